The zero-order chi connectivity index (χ0) is 18.4. The maximum absolute atomic E-state index is 13.2. The lowest BCUT2D eigenvalue weighted by Gasteiger charge is -2.23. The quantitative estimate of drug-likeness (QED) is 0.729. The number of hydrogen-bond acceptors (Lipinski definition) is 4. The number of rotatable bonds is 5. The first-order valence-electron chi connectivity index (χ1n) is 8.38. The van der Waals surface area contributed by atoms with Crippen molar-refractivity contribution in [2.45, 2.75) is 12.5 Å². The van der Waals surface area contributed by atoms with Crippen molar-refractivity contribution >= 4 is 35.6 Å². The monoisotopic (exact) mass is 393 g/mol. The molecule has 0 bridgehead atoms. The van der Waals surface area contributed by atoms with Gasteiger partial charge in [-0.2, -0.15) is 0 Å². The van der Waals surface area contributed by atoms with Crippen molar-refractivity contribution in [3.8, 4) is 0 Å². The predicted molar refractivity (Wildman–Crippen MR) is 104 cm³/mol. The molecule has 3 N–H and O–H groups in total. The standard InChI is InChI=1S/C19H20FN3O3.ClH/c20-14-4-2-6-16(10-14)23-19(25)13-3-1-5-15(9-13)22-18(24)11-17-12-26-8-7-21-17;/h1-6,9-10,17,21H,7-8,11-12H2,(H,22,24)(H,23,25);1H. The molecule has 2 aromatic carbocycles. The molecule has 6 nitrogen and oxygen atoms in total. The number of benzene rings is 2. The first kappa shape index (κ1) is 20.8. The third kappa shape index (κ3) is 6.32. The van der Waals surface area contributed by atoms with Gasteiger partial charge in [-0.25, -0.2) is 4.39 Å². The summed E-state index contributed by atoms with van der Waals surface area (Å²) in [6, 6.07) is 12.2. The molecule has 0 spiro atoms. The van der Waals surface area contributed by atoms with Crippen LogP contribution < -0.4 is 16.0 Å². The van der Waals surface area contributed by atoms with Gasteiger partial charge in [0.2, 0.25) is 5.91 Å². The SMILES string of the molecule is Cl.O=C(CC1COCCN1)Nc1cccc(C(=O)Nc2cccc(F)c2)c1. The van der Waals surface area contributed by atoms with Gasteiger partial charge in [0.1, 0.15) is 5.82 Å². The molecule has 1 atom stereocenters. The minimum absolute atomic E-state index is 0. The smallest absolute Gasteiger partial charge is 0.255 e. The number of hydrogen-bond donors (Lipinski definition) is 3. The van der Waals surface area contributed by atoms with Crippen LogP contribution in [0.3, 0.4) is 0 Å². The second kappa shape index (κ2) is 10.0. The maximum atomic E-state index is 13.2. The van der Waals surface area contributed by atoms with Crippen molar-refractivity contribution in [3.05, 3.63) is 59.9 Å². The molecular weight excluding hydrogens is 373 g/mol. The Morgan fingerprint density at radius 1 is 1.11 bits per heavy atom. The summed E-state index contributed by atoms with van der Waals surface area (Å²) in [5.41, 5.74) is 1.26. The van der Waals surface area contributed by atoms with Crippen LogP contribution in [-0.4, -0.2) is 37.6 Å². The van der Waals surface area contributed by atoms with E-state index in [1.807, 2.05) is 0 Å². The Bertz CT molecular complexity index is 797. The van der Waals surface area contributed by atoms with Gasteiger partial charge in [0, 0.05) is 35.9 Å². The van der Waals surface area contributed by atoms with E-state index in [0.29, 0.717) is 36.6 Å². The first-order valence-corrected chi connectivity index (χ1v) is 8.38. The van der Waals surface area contributed by atoms with Crippen molar-refractivity contribution in [1.29, 1.82) is 0 Å². The Morgan fingerprint density at radius 2 is 1.85 bits per heavy atom. The molecule has 1 aliphatic rings. The van der Waals surface area contributed by atoms with E-state index in [0.717, 1.165) is 6.54 Å². The highest BCUT2D eigenvalue weighted by atomic mass is 35.5. The van der Waals surface area contributed by atoms with Crippen LogP contribution in [-0.2, 0) is 9.53 Å². The Balaban J connectivity index is 0.00000261. The van der Waals surface area contributed by atoms with Crippen LogP contribution in [0, 0.1) is 5.82 Å². The van der Waals surface area contributed by atoms with E-state index >= 15 is 0 Å². The Morgan fingerprint density at radius 3 is 2.56 bits per heavy atom. The number of nitrogens with one attached hydrogen (secondary N) is 3. The highest BCUT2D eigenvalue weighted by molar-refractivity contribution is 6.05. The lowest BCUT2D eigenvalue weighted by Crippen LogP contribution is -2.43. The van der Waals surface area contributed by atoms with E-state index in [1.165, 1.54) is 18.2 Å². The third-order valence-corrected chi connectivity index (χ3v) is 3.92. The first-order chi connectivity index (χ1) is 12.6. The van der Waals surface area contributed by atoms with Crippen molar-refractivity contribution in [2.75, 3.05) is 30.4 Å². The number of anilines is 2. The average Bonchev–Trinajstić information content (AvgIpc) is 2.62. The lowest BCUT2D eigenvalue weighted by molar-refractivity contribution is -0.117. The summed E-state index contributed by atoms with van der Waals surface area (Å²) in [4.78, 5) is 24.4. The van der Waals surface area contributed by atoms with E-state index in [1.54, 1.807) is 30.3 Å². The van der Waals surface area contributed by atoms with E-state index < -0.39 is 5.82 Å². The predicted octanol–water partition coefficient (Wildman–Crippen LogP) is 2.82. The topological polar surface area (TPSA) is 79.5 Å². The molecule has 1 aliphatic heterocycles. The summed E-state index contributed by atoms with van der Waals surface area (Å²) in [5.74, 6) is -0.964. The molecule has 1 unspecified atom stereocenters. The Hall–Kier alpha value is -2.48. The van der Waals surface area contributed by atoms with Gasteiger partial charge in [-0.15, -0.1) is 12.4 Å². The van der Waals surface area contributed by atoms with Gasteiger partial charge >= 0.3 is 0 Å². The summed E-state index contributed by atoms with van der Waals surface area (Å²) >= 11 is 0. The summed E-state index contributed by atoms with van der Waals surface area (Å²) in [6.45, 7) is 1.89. The second-order valence-electron chi connectivity index (χ2n) is 6.02. The van der Waals surface area contributed by atoms with Gasteiger partial charge < -0.3 is 20.7 Å². The van der Waals surface area contributed by atoms with Gasteiger partial charge in [0.05, 0.1) is 13.2 Å². The summed E-state index contributed by atoms with van der Waals surface area (Å²) < 4.78 is 18.5. The Kier molecular flexibility index (Phi) is 7.72. The van der Waals surface area contributed by atoms with Crippen LogP contribution in [0.5, 0.6) is 0 Å². The minimum atomic E-state index is -0.427. The largest absolute Gasteiger partial charge is 0.378 e. The fourth-order valence-corrected chi connectivity index (χ4v) is 2.69. The maximum Gasteiger partial charge on any atom is 0.255 e. The highest BCUT2D eigenvalue weighted by Gasteiger charge is 2.17. The van der Waals surface area contributed by atoms with Gasteiger partial charge in [0.15, 0.2) is 0 Å². The zero-order valence-corrected chi connectivity index (χ0v) is 15.4. The van der Waals surface area contributed by atoms with E-state index in [2.05, 4.69) is 16.0 Å². The molecule has 1 heterocycles. The van der Waals surface area contributed by atoms with E-state index in [4.69, 9.17) is 4.74 Å². The molecule has 8 heteroatoms. The summed E-state index contributed by atoms with van der Waals surface area (Å²) in [5, 5.41) is 8.63. The van der Waals surface area contributed by atoms with Crippen LogP contribution in [0.2, 0.25) is 0 Å². The molecule has 0 saturated carbocycles. The van der Waals surface area contributed by atoms with Crippen molar-refractivity contribution in [3.63, 3.8) is 0 Å². The van der Waals surface area contributed by atoms with E-state index in [9.17, 15) is 14.0 Å². The molecule has 3 rings (SSSR count). The fraction of sp³-hybridized carbons (Fsp3) is 0.263. The fourth-order valence-electron chi connectivity index (χ4n) is 2.69. The molecule has 1 fully saturated rings. The van der Waals surface area contributed by atoms with Crippen molar-refractivity contribution < 1.29 is 18.7 Å². The van der Waals surface area contributed by atoms with Crippen molar-refractivity contribution in [1.82, 2.24) is 5.32 Å². The molecular formula is C19H21ClFN3O3. The molecule has 27 heavy (non-hydrogen) atoms. The van der Waals surface area contributed by atoms with Crippen LogP contribution in [0.1, 0.15) is 16.8 Å². The van der Waals surface area contributed by atoms with Gasteiger partial charge in [-0.05, 0) is 36.4 Å². The number of morpholine rings is 1. The average molecular weight is 394 g/mol. The molecule has 144 valence electrons. The van der Waals surface area contributed by atoms with Crippen molar-refractivity contribution in [2.24, 2.45) is 0 Å². The van der Waals surface area contributed by atoms with E-state index in [-0.39, 0.29) is 30.3 Å². The van der Waals surface area contributed by atoms with Gasteiger partial charge in [-0.1, -0.05) is 12.1 Å². The summed E-state index contributed by atoms with van der Waals surface area (Å²) in [6.07, 6.45) is 0.291. The molecule has 0 aliphatic carbocycles. The van der Waals surface area contributed by atoms with Crippen LogP contribution in [0.4, 0.5) is 15.8 Å². The number of halogens is 2. The number of carbonyl (C=O) groups excluding carboxylic acids is 2. The molecule has 0 aromatic heterocycles. The lowest BCUT2D eigenvalue weighted by atomic mass is 10.1. The molecule has 1 saturated heterocycles. The second-order valence-corrected chi connectivity index (χ2v) is 6.02. The number of amides is 2. The molecule has 0 radical (unpaired) electrons. The van der Waals surface area contributed by atoms with Gasteiger partial charge in [-0.3, -0.25) is 9.59 Å². The molecule has 2 aromatic rings. The zero-order valence-electron chi connectivity index (χ0n) is 14.5. The van der Waals surface area contributed by atoms with Crippen LogP contribution >= 0.6 is 12.4 Å². The van der Waals surface area contributed by atoms with Gasteiger partial charge in [0.25, 0.3) is 5.91 Å². The Labute approximate surface area is 162 Å². The highest BCUT2D eigenvalue weighted by Crippen LogP contribution is 2.15. The van der Waals surface area contributed by atoms with Crippen LogP contribution in [0.15, 0.2) is 48.5 Å². The number of ether oxygens (including phenoxy) is 1. The third-order valence-electron chi connectivity index (χ3n) is 3.92. The minimum Gasteiger partial charge on any atom is -0.378 e. The normalized spacial score (nSPS) is 16.1. The summed E-state index contributed by atoms with van der Waals surface area (Å²) in [7, 11) is 0. The van der Waals surface area contributed by atoms with Crippen LogP contribution in [0.25, 0.3) is 0 Å². The molecule has 2 amide bonds. The number of carbonyl (C=O) groups is 2.